The highest BCUT2D eigenvalue weighted by atomic mass is 35.5. The Labute approximate surface area is 159 Å². The minimum Gasteiger partial charge on any atom is -0.394 e. The Morgan fingerprint density at radius 1 is 1.23 bits per heavy atom. The first kappa shape index (κ1) is 19.0. The number of anilines is 2. The van der Waals surface area contributed by atoms with E-state index in [1.807, 2.05) is 43.3 Å². The smallest absolute Gasteiger partial charge is 0.229 e. The fourth-order valence-electron chi connectivity index (χ4n) is 3.77. The lowest BCUT2D eigenvalue weighted by atomic mass is 9.86. The Bertz CT molecular complexity index is 894. The molecule has 5 nitrogen and oxygen atoms in total. The summed E-state index contributed by atoms with van der Waals surface area (Å²) in [4.78, 5) is 2.18. The molecule has 2 aromatic carbocycles. The van der Waals surface area contributed by atoms with Crippen LogP contribution in [0.25, 0.3) is 0 Å². The summed E-state index contributed by atoms with van der Waals surface area (Å²) < 4.78 is 25.9. The molecule has 0 bridgehead atoms. The predicted octanol–water partition coefficient (Wildman–Crippen LogP) is 3.37. The summed E-state index contributed by atoms with van der Waals surface area (Å²) in [5, 5.41) is 11.0. The molecule has 7 heteroatoms. The zero-order valence-electron chi connectivity index (χ0n) is 14.9. The number of rotatable bonds is 6. The lowest BCUT2D eigenvalue weighted by molar-refractivity contribution is 0.183. The third-order valence-electron chi connectivity index (χ3n) is 5.07. The van der Waals surface area contributed by atoms with Gasteiger partial charge in [0.2, 0.25) is 10.0 Å². The maximum atomic E-state index is 11.7. The molecule has 0 saturated heterocycles. The van der Waals surface area contributed by atoms with Crippen LogP contribution in [0.15, 0.2) is 42.5 Å². The number of hydrogen-bond donors (Lipinski definition) is 2. The Morgan fingerprint density at radius 3 is 2.50 bits per heavy atom. The van der Waals surface area contributed by atoms with Crippen LogP contribution in [0.4, 0.5) is 11.4 Å². The number of aliphatic hydroxyl groups excluding tert-OH is 1. The van der Waals surface area contributed by atoms with Crippen molar-refractivity contribution in [3.8, 4) is 0 Å². The van der Waals surface area contributed by atoms with E-state index in [9.17, 15) is 13.5 Å². The predicted molar refractivity (Wildman–Crippen MR) is 106 cm³/mol. The molecule has 1 atom stereocenters. The van der Waals surface area contributed by atoms with E-state index in [4.69, 9.17) is 11.6 Å². The SMILES string of the molecule is CCC(CO)(c1ccc(Cl)cc1)N1CCc2c(NS(C)(=O)=O)cccc21. The van der Waals surface area contributed by atoms with Crippen LogP contribution in [-0.2, 0) is 22.0 Å². The van der Waals surface area contributed by atoms with E-state index in [1.165, 1.54) is 0 Å². The van der Waals surface area contributed by atoms with Crippen LogP contribution in [0, 0.1) is 0 Å². The molecule has 140 valence electrons. The second-order valence-electron chi connectivity index (χ2n) is 6.63. The van der Waals surface area contributed by atoms with E-state index >= 15 is 0 Å². The minimum absolute atomic E-state index is 0.0473. The summed E-state index contributed by atoms with van der Waals surface area (Å²) in [5.74, 6) is 0. The number of nitrogens with one attached hydrogen (secondary N) is 1. The van der Waals surface area contributed by atoms with Gasteiger partial charge in [-0.1, -0.05) is 36.7 Å². The van der Waals surface area contributed by atoms with Gasteiger partial charge in [-0.3, -0.25) is 4.72 Å². The monoisotopic (exact) mass is 394 g/mol. The summed E-state index contributed by atoms with van der Waals surface area (Å²) >= 11 is 6.03. The van der Waals surface area contributed by atoms with Crippen molar-refractivity contribution in [3.63, 3.8) is 0 Å². The van der Waals surface area contributed by atoms with Crippen LogP contribution < -0.4 is 9.62 Å². The van der Waals surface area contributed by atoms with Crippen molar-refractivity contribution >= 4 is 33.0 Å². The van der Waals surface area contributed by atoms with Gasteiger partial charge in [-0.2, -0.15) is 0 Å². The van der Waals surface area contributed by atoms with Crippen LogP contribution in [0.5, 0.6) is 0 Å². The van der Waals surface area contributed by atoms with Crippen LogP contribution in [0.2, 0.25) is 5.02 Å². The largest absolute Gasteiger partial charge is 0.394 e. The van der Waals surface area contributed by atoms with Crippen LogP contribution in [0.3, 0.4) is 0 Å². The second kappa shape index (κ2) is 7.10. The van der Waals surface area contributed by atoms with Gasteiger partial charge in [0.15, 0.2) is 0 Å². The fraction of sp³-hybridized carbons (Fsp3) is 0.368. The van der Waals surface area contributed by atoms with Crippen molar-refractivity contribution in [2.75, 3.05) is 29.0 Å². The highest BCUT2D eigenvalue weighted by Gasteiger charge is 2.40. The number of nitrogens with zero attached hydrogens (tertiary/aromatic N) is 1. The normalized spacial score (nSPS) is 16.2. The standard InChI is InChI=1S/C19H23ClN2O3S/c1-3-19(13-23,14-7-9-15(20)10-8-14)22-12-11-16-17(21-26(2,24)25)5-4-6-18(16)22/h4-10,21,23H,3,11-13H2,1-2H3. The van der Waals surface area contributed by atoms with Crippen LogP contribution in [-0.4, -0.2) is 32.9 Å². The third kappa shape index (κ3) is 3.41. The number of benzene rings is 2. The molecule has 1 aliphatic heterocycles. The second-order valence-corrected chi connectivity index (χ2v) is 8.81. The van der Waals surface area contributed by atoms with E-state index in [1.54, 1.807) is 6.07 Å². The molecule has 1 aliphatic rings. The average Bonchev–Trinajstić information content (AvgIpc) is 3.03. The number of aliphatic hydroxyl groups is 1. The topological polar surface area (TPSA) is 69.6 Å². The zero-order valence-corrected chi connectivity index (χ0v) is 16.4. The molecule has 0 fully saturated rings. The quantitative estimate of drug-likeness (QED) is 0.788. The Kier molecular flexibility index (Phi) is 5.19. The Hall–Kier alpha value is -1.76. The molecular formula is C19H23ClN2O3S. The van der Waals surface area contributed by atoms with Gasteiger partial charge in [-0.05, 0) is 42.7 Å². The fourth-order valence-corrected chi connectivity index (χ4v) is 4.49. The van der Waals surface area contributed by atoms with Crippen molar-refractivity contribution in [1.29, 1.82) is 0 Å². The Balaban J connectivity index is 2.08. The van der Waals surface area contributed by atoms with E-state index in [0.29, 0.717) is 30.1 Å². The molecule has 26 heavy (non-hydrogen) atoms. The lowest BCUT2D eigenvalue weighted by Gasteiger charge is -2.42. The molecule has 2 N–H and O–H groups in total. The van der Waals surface area contributed by atoms with E-state index in [0.717, 1.165) is 23.1 Å². The molecule has 0 aliphatic carbocycles. The van der Waals surface area contributed by atoms with Gasteiger partial charge in [0.05, 0.1) is 24.1 Å². The zero-order chi connectivity index (χ0) is 18.9. The van der Waals surface area contributed by atoms with Crippen molar-refractivity contribution in [3.05, 3.63) is 58.6 Å². The number of fused-ring (bicyclic) bond motifs is 1. The first-order valence-corrected chi connectivity index (χ1v) is 10.8. The van der Waals surface area contributed by atoms with Gasteiger partial charge >= 0.3 is 0 Å². The molecule has 2 aromatic rings. The summed E-state index contributed by atoms with van der Waals surface area (Å²) in [6, 6.07) is 13.1. The maximum absolute atomic E-state index is 11.7. The number of sulfonamides is 1. The van der Waals surface area contributed by atoms with E-state index < -0.39 is 15.6 Å². The molecule has 1 heterocycles. The summed E-state index contributed by atoms with van der Waals surface area (Å²) in [5.41, 5.74) is 2.91. The van der Waals surface area contributed by atoms with Crippen LogP contribution >= 0.6 is 11.6 Å². The molecule has 0 saturated carbocycles. The van der Waals surface area contributed by atoms with Gasteiger partial charge in [0, 0.05) is 22.8 Å². The highest BCUT2D eigenvalue weighted by Crippen LogP contribution is 2.43. The first-order valence-electron chi connectivity index (χ1n) is 8.55. The summed E-state index contributed by atoms with van der Waals surface area (Å²) in [6.07, 6.45) is 2.56. The summed E-state index contributed by atoms with van der Waals surface area (Å²) in [7, 11) is -3.35. The molecule has 0 amide bonds. The Morgan fingerprint density at radius 2 is 1.92 bits per heavy atom. The van der Waals surface area contributed by atoms with E-state index in [2.05, 4.69) is 9.62 Å². The molecular weight excluding hydrogens is 372 g/mol. The van der Waals surface area contributed by atoms with Crippen molar-refractivity contribution in [2.24, 2.45) is 0 Å². The molecule has 1 unspecified atom stereocenters. The third-order valence-corrected chi connectivity index (χ3v) is 5.91. The highest BCUT2D eigenvalue weighted by molar-refractivity contribution is 7.92. The molecule has 0 spiro atoms. The van der Waals surface area contributed by atoms with Gasteiger partial charge in [-0.15, -0.1) is 0 Å². The van der Waals surface area contributed by atoms with E-state index in [-0.39, 0.29) is 6.61 Å². The van der Waals surface area contributed by atoms with Gasteiger partial charge in [-0.25, -0.2) is 8.42 Å². The lowest BCUT2D eigenvalue weighted by Crippen LogP contribution is -2.48. The number of hydrogen-bond acceptors (Lipinski definition) is 4. The summed E-state index contributed by atoms with van der Waals surface area (Å²) in [6.45, 7) is 2.70. The van der Waals surface area contributed by atoms with Crippen molar-refractivity contribution < 1.29 is 13.5 Å². The number of halogens is 1. The van der Waals surface area contributed by atoms with Gasteiger partial charge < -0.3 is 10.0 Å². The van der Waals surface area contributed by atoms with Crippen LogP contribution in [0.1, 0.15) is 24.5 Å². The van der Waals surface area contributed by atoms with Crippen molar-refractivity contribution in [2.45, 2.75) is 25.3 Å². The first-order chi connectivity index (χ1) is 12.3. The van der Waals surface area contributed by atoms with Gasteiger partial charge in [0.25, 0.3) is 0 Å². The molecule has 3 rings (SSSR count). The minimum atomic E-state index is -3.35. The average molecular weight is 395 g/mol. The van der Waals surface area contributed by atoms with Crippen molar-refractivity contribution in [1.82, 2.24) is 0 Å². The molecule has 0 radical (unpaired) electrons. The maximum Gasteiger partial charge on any atom is 0.229 e. The molecule has 0 aromatic heterocycles. The van der Waals surface area contributed by atoms with Gasteiger partial charge in [0.1, 0.15) is 0 Å².